The van der Waals surface area contributed by atoms with E-state index >= 15 is 0 Å². The Bertz CT molecular complexity index is 852. The number of methoxy groups -OCH3 is 1. The van der Waals surface area contributed by atoms with Gasteiger partial charge in [-0.1, -0.05) is 24.3 Å². The first-order valence-electron chi connectivity index (χ1n) is 8.48. The van der Waals surface area contributed by atoms with Gasteiger partial charge in [0, 0.05) is 6.42 Å². The van der Waals surface area contributed by atoms with Crippen molar-refractivity contribution >= 4 is 16.1 Å². The first-order chi connectivity index (χ1) is 12.6. The lowest BCUT2D eigenvalue weighted by atomic mass is 9.85. The number of halogens is 3. The minimum Gasteiger partial charge on any atom is -0.468 e. The molecule has 0 amide bonds. The van der Waals surface area contributed by atoms with E-state index in [2.05, 4.69) is 4.18 Å². The molecule has 1 atom stereocenters. The van der Waals surface area contributed by atoms with Crippen molar-refractivity contribution < 1.29 is 35.3 Å². The maximum atomic E-state index is 12.4. The number of allylic oxidation sites excluding steroid dienone is 2. The lowest BCUT2D eigenvalue weighted by Gasteiger charge is -2.23. The molecule has 9 heteroatoms. The molecule has 0 heterocycles. The maximum absolute atomic E-state index is 12.4. The van der Waals surface area contributed by atoms with Gasteiger partial charge in [-0.3, -0.25) is 4.79 Å². The largest absolute Gasteiger partial charge is 0.534 e. The molecule has 27 heavy (non-hydrogen) atoms. The summed E-state index contributed by atoms with van der Waals surface area (Å²) in [6.45, 7) is 0. The monoisotopic (exact) mass is 404 g/mol. The van der Waals surface area contributed by atoms with Crippen LogP contribution in [-0.2, 0) is 29.2 Å². The predicted molar refractivity (Wildman–Crippen MR) is 90.1 cm³/mol. The Morgan fingerprint density at radius 3 is 2.26 bits per heavy atom. The van der Waals surface area contributed by atoms with Crippen LogP contribution < -0.4 is 0 Å². The van der Waals surface area contributed by atoms with E-state index in [-0.39, 0.29) is 24.1 Å². The maximum Gasteiger partial charge on any atom is 0.534 e. The van der Waals surface area contributed by atoms with Crippen molar-refractivity contribution in [1.82, 2.24) is 0 Å². The molecule has 0 radical (unpaired) electrons. The standard InChI is InChI=1S/C18H19F3O5S/c1-25-16(22)17(10-11-17)14-6-2-12(3-7-14)13-4-8-15(9-5-13)26-27(23,24)18(19,20)21/h2-3,6-8,13H,4-5,9-11H2,1H3. The number of carbonyl (C=O) groups excluding carboxylic acids is 1. The molecule has 0 bridgehead atoms. The van der Waals surface area contributed by atoms with Gasteiger partial charge in [0.05, 0.1) is 12.5 Å². The third-order valence-corrected chi connectivity index (χ3v) is 6.13. The highest BCUT2D eigenvalue weighted by molar-refractivity contribution is 7.87. The van der Waals surface area contributed by atoms with Gasteiger partial charge in [0.1, 0.15) is 5.76 Å². The molecule has 5 nitrogen and oxygen atoms in total. The van der Waals surface area contributed by atoms with E-state index in [1.807, 2.05) is 24.3 Å². The average Bonchev–Trinajstić information content (AvgIpc) is 3.42. The van der Waals surface area contributed by atoms with Crippen molar-refractivity contribution in [2.45, 2.75) is 48.9 Å². The molecule has 148 valence electrons. The van der Waals surface area contributed by atoms with Crippen LogP contribution >= 0.6 is 0 Å². The van der Waals surface area contributed by atoms with E-state index < -0.39 is 21.0 Å². The number of benzene rings is 1. The molecule has 0 N–H and O–H groups in total. The first-order valence-corrected chi connectivity index (χ1v) is 9.88. The summed E-state index contributed by atoms with van der Waals surface area (Å²) in [6.07, 6.45) is 3.85. The van der Waals surface area contributed by atoms with E-state index in [0.717, 1.165) is 24.0 Å². The topological polar surface area (TPSA) is 69.7 Å². The third-order valence-electron chi connectivity index (χ3n) is 5.13. The van der Waals surface area contributed by atoms with Gasteiger partial charge in [-0.2, -0.15) is 21.6 Å². The van der Waals surface area contributed by atoms with Crippen molar-refractivity contribution in [3.8, 4) is 0 Å². The van der Waals surface area contributed by atoms with Gasteiger partial charge in [-0.15, -0.1) is 0 Å². The molecule has 1 fully saturated rings. The SMILES string of the molecule is COC(=O)C1(c2ccc(C3CC=C(OS(=O)(=O)C(F)(F)F)CC3)cc2)CC1. The molecule has 2 aliphatic carbocycles. The smallest absolute Gasteiger partial charge is 0.468 e. The van der Waals surface area contributed by atoms with Crippen molar-refractivity contribution in [1.29, 1.82) is 0 Å². The predicted octanol–water partition coefficient (Wildman–Crippen LogP) is 3.91. The highest BCUT2D eigenvalue weighted by Crippen LogP contribution is 2.49. The minimum absolute atomic E-state index is 0.0493. The quantitative estimate of drug-likeness (QED) is 0.423. The molecular weight excluding hydrogens is 385 g/mol. The first kappa shape index (κ1) is 19.7. The molecule has 0 saturated heterocycles. The van der Waals surface area contributed by atoms with Gasteiger partial charge < -0.3 is 8.92 Å². The Kier molecular flexibility index (Phi) is 5.00. The zero-order chi connectivity index (χ0) is 19.9. The Balaban J connectivity index is 1.66. The van der Waals surface area contributed by atoms with E-state index in [4.69, 9.17) is 4.74 Å². The molecule has 0 aromatic heterocycles. The van der Waals surface area contributed by atoms with Crippen LogP contribution in [0.15, 0.2) is 36.1 Å². The van der Waals surface area contributed by atoms with Crippen LogP contribution in [0, 0.1) is 0 Å². The zero-order valence-corrected chi connectivity index (χ0v) is 15.4. The Hall–Kier alpha value is -2.03. The average molecular weight is 404 g/mol. The summed E-state index contributed by atoms with van der Waals surface area (Å²) in [7, 11) is -4.25. The molecule has 1 aromatic carbocycles. The molecule has 0 spiro atoms. The van der Waals surface area contributed by atoms with Crippen molar-refractivity contribution in [2.75, 3.05) is 7.11 Å². The second-order valence-electron chi connectivity index (χ2n) is 6.82. The molecule has 2 aliphatic rings. The summed E-state index contributed by atoms with van der Waals surface area (Å²) >= 11 is 0. The van der Waals surface area contributed by atoms with Crippen LogP contribution in [-0.4, -0.2) is 27.0 Å². The number of rotatable bonds is 5. The summed E-state index contributed by atoms with van der Waals surface area (Å²) in [5.41, 5.74) is -4.11. The van der Waals surface area contributed by atoms with Crippen LogP contribution in [0.4, 0.5) is 13.2 Å². The van der Waals surface area contributed by atoms with Crippen molar-refractivity contribution in [2.24, 2.45) is 0 Å². The minimum atomic E-state index is -5.62. The fourth-order valence-corrected chi connectivity index (χ4v) is 3.91. The second-order valence-corrected chi connectivity index (χ2v) is 8.36. The molecule has 1 unspecified atom stereocenters. The van der Waals surface area contributed by atoms with E-state index in [9.17, 15) is 26.4 Å². The van der Waals surface area contributed by atoms with Gasteiger partial charge in [0.2, 0.25) is 0 Å². The van der Waals surface area contributed by atoms with E-state index in [1.54, 1.807) is 0 Å². The fourth-order valence-electron chi connectivity index (χ4n) is 3.38. The highest BCUT2D eigenvalue weighted by atomic mass is 32.2. The van der Waals surface area contributed by atoms with E-state index in [0.29, 0.717) is 12.8 Å². The number of alkyl halides is 3. The molecule has 1 saturated carbocycles. The van der Waals surface area contributed by atoms with Gasteiger partial charge in [-0.25, -0.2) is 0 Å². The van der Waals surface area contributed by atoms with Gasteiger partial charge in [0.15, 0.2) is 0 Å². The van der Waals surface area contributed by atoms with Gasteiger partial charge in [-0.05, 0) is 48.8 Å². The van der Waals surface area contributed by atoms with Crippen LogP contribution in [0.1, 0.15) is 49.1 Å². The van der Waals surface area contributed by atoms with Gasteiger partial charge in [0.25, 0.3) is 0 Å². The summed E-state index contributed by atoms with van der Waals surface area (Å²) in [4.78, 5) is 11.9. The Morgan fingerprint density at radius 1 is 1.19 bits per heavy atom. The number of ether oxygens (including phenoxy) is 1. The normalized spacial score (nSPS) is 21.9. The fraction of sp³-hybridized carbons (Fsp3) is 0.500. The van der Waals surface area contributed by atoms with Crippen molar-refractivity contribution in [3.63, 3.8) is 0 Å². The van der Waals surface area contributed by atoms with Crippen LogP contribution in [0.5, 0.6) is 0 Å². The van der Waals surface area contributed by atoms with Crippen LogP contribution in [0.25, 0.3) is 0 Å². The van der Waals surface area contributed by atoms with Crippen LogP contribution in [0.3, 0.4) is 0 Å². The summed E-state index contributed by atoms with van der Waals surface area (Å²) in [5, 5.41) is 0. The van der Waals surface area contributed by atoms with Gasteiger partial charge >= 0.3 is 21.6 Å². The molecular formula is C18H19F3O5S. The lowest BCUT2D eigenvalue weighted by Crippen LogP contribution is -2.26. The summed E-state index contributed by atoms with van der Waals surface area (Å²) < 4.78 is 68.3. The molecule has 3 rings (SSSR count). The molecule has 0 aliphatic heterocycles. The number of hydrogen-bond acceptors (Lipinski definition) is 5. The number of hydrogen-bond donors (Lipinski definition) is 0. The second kappa shape index (κ2) is 6.85. The lowest BCUT2D eigenvalue weighted by molar-refractivity contribution is -0.143. The summed E-state index contributed by atoms with van der Waals surface area (Å²) in [5.74, 6) is -0.375. The number of esters is 1. The summed E-state index contributed by atoms with van der Waals surface area (Å²) in [6, 6.07) is 7.55. The van der Waals surface area contributed by atoms with Crippen molar-refractivity contribution in [3.05, 3.63) is 47.2 Å². The molecule has 1 aromatic rings. The van der Waals surface area contributed by atoms with Crippen LogP contribution in [0.2, 0.25) is 0 Å². The Labute approximate surface area is 155 Å². The number of carbonyl (C=O) groups is 1. The van der Waals surface area contributed by atoms with E-state index in [1.165, 1.54) is 13.2 Å². The zero-order valence-electron chi connectivity index (χ0n) is 14.6. The third kappa shape index (κ3) is 3.83. The highest BCUT2D eigenvalue weighted by Gasteiger charge is 2.52. The Morgan fingerprint density at radius 2 is 1.81 bits per heavy atom.